The Morgan fingerprint density at radius 2 is 1.86 bits per heavy atom. The number of benzene rings is 1. The number of halogens is 3. The molecule has 21 heavy (non-hydrogen) atoms. The van der Waals surface area contributed by atoms with E-state index in [2.05, 4.69) is 26.2 Å². The van der Waals surface area contributed by atoms with Gasteiger partial charge < -0.3 is 9.88 Å². The number of nitrogens with one attached hydrogen (secondary N) is 1. The van der Waals surface area contributed by atoms with Crippen LogP contribution < -0.4 is 5.32 Å². The van der Waals surface area contributed by atoms with Gasteiger partial charge in [-0.05, 0) is 31.9 Å². The van der Waals surface area contributed by atoms with Gasteiger partial charge in [0.2, 0.25) is 5.95 Å². The number of hydrogen-bond donors (Lipinski definition) is 1. The van der Waals surface area contributed by atoms with Crippen molar-refractivity contribution in [2.75, 3.05) is 5.32 Å². The highest BCUT2D eigenvalue weighted by atomic mass is 79.9. The molecule has 1 fully saturated rings. The van der Waals surface area contributed by atoms with Gasteiger partial charge >= 0.3 is 0 Å². The summed E-state index contributed by atoms with van der Waals surface area (Å²) >= 11 is 3.08. The summed E-state index contributed by atoms with van der Waals surface area (Å²) in [5.74, 6) is -0.777. The minimum absolute atomic E-state index is 0.164. The average Bonchev–Trinajstić information content (AvgIpc) is 3.02. The van der Waals surface area contributed by atoms with E-state index in [1.807, 2.05) is 17.7 Å². The van der Waals surface area contributed by atoms with Gasteiger partial charge in [0, 0.05) is 16.7 Å². The van der Waals surface area contributed by atoms with Gasteiger partial charge in [0.05, 0.1) is 5.69 Å². The van der Waals surface area contributed by atoms with Gasteiger partial charge in [-0.2, -0.15) is 0 Å². The van der Waals surface area contributed by atoms with Gasteiger partial charge in [0.1, 0.15) is 5.69 Å². The van der Waals surface area contributed by atoms with E-state index < -0.39 is 11.6 Å². The molecule has 2 aromatic rings. The maximum Gasteiger partial charge on any atom is 0.207 e. The van der Waals surface area contributed by atoms with Crippen molar-refractivity contribution in [1.82, 2.24) is 9.55 Å². The minimum atomic E-state index is -0.638. The molecule has 0 saturated heterocycles. The summed E-state index contributed by atoms with van der Waals surface area (Å²) in [7, 11) is 0. The standard InChI is InChI=1S/C15H16BrF2N3/c1-9-8-21(11-4-2-3-5-11)15(19-9)20-14-12(17)6-10(16)7-13(14)18/h6-8,11H,2-5H2,1H3,(H,19,20). The molecule has 1 N–H and O–H groups in total. The Morgan fingerprint density at radius 3 is 2.48 bits per heavy atom. The van der Waals surface area contributed by atoms with E-state index in [9.17, 15) is 8.78 Å². The van der Waals surface area contributed by atoms with Crippen LogP contribution in [0.4, 0.5) is 20.4 Å². The summed E-state index contributed by atoms with van der Waals surface area (Å²) < 4.78 is 30.3. The molecular formula is C15H16BrF2N3. The van der Waals surface area contributed by atoms with Crippen molar-refractivity contribution in [1.29, 1.82) is 0 Å². The maximum atomic E-state index is 13.9. The minimum Gasteiger partial charge on any atom is -0.321 e. The first-order chi connectivity index (χ1) is 10.0. The summed E-state index contributed by atoms with van der Waals surface area (Å²) in [6.07, 6.45) is 6.46. The van der Waals surface area contributed by atoms with E-state index >= 15 is 0 Å². The van der Waals surface area contributed by atoms with E-state index in [4.69, 9.17) is 0 Å². The van der Waals surface area contributed by atoms with Crippen LogP contribution in [0, 0.1) is 18.6 Å². The van der Waals surface area contributed by atoms with Crippen LogP contribution in [0.2, 0.25) is 0 Å². The number of aromatic nitrogens is 2. The van der Waals surface area contributed by atoms with E-state index in [-0.39, 0.29) is 5.69 Å². The van der Waals surface area contributed by atoms with Crippen molar-refractivity contribution in [3.63, 3.8) is 0 Å². The number of rotatable bonds is 3. The van der Waals surface area contributed by atoms with E-state index in [1.54, 1.807) is 0 Å². The Balaban J connectivity index is 1.95. The van der Waals surface area contributed by atoms with Gasteiger partial charge in [0.25, 0.3) is 0 Å². The zero-order valence-corrected chi connectivity index (χ0v) is 13.3. The molecule has 1 heterocycles. The van der Waals surface area contributed by atoms with Crippen molar-refractivity contribution in [3.8, 4) is 0 Å². The lowest BCUT2D eigenvalue weighted by molar-refractivity contribution is 0.523. The second-order valence-corrected chi connectivity index (χ2v) is 6.34. The van der Waals surface area contributed by atoms with Crippen LogP contribution in [0.1, 0.15) is 37.4 Å². The smallest absolute Gasteiger partial charge is 0.207 e. The molecule has 1 aliphatic rings. The Kier molecular flexibility index (Phi) is 3.97. The van der Waals surface area contributed by atoms with Crippen LogP contribution >= 0.6 is 15.9 Å². The summed E-state index contributed by atoms with van der Waals surface area (Å²) in [5, 5.41) is 2.82. The Hall–Kier alpha value is -1.43. The van der Waals surface area contributed by atoms with Crippen LogP contribution in [0.3, 0.4) is 0 Å². The molecule has 0 unspecified atom stereocenters. The quantitative estimate of drug-likeness (QED) is 0.830. The van der Waals surface area contributed by atoms with Gasteiger partial charge in [-0.25, -0.2) is 13.8 Å². The fourth-order valence-electron chi connectivity index (χ4n) is 2.84. The lowest BCUT2D eigenvalue weighted by atomic mass is 10.2. The lowest BCUT2D eigenvalue weighted by Crippen LogP contribution is -2.09. The molecule has 1 aromatic carbocycles. The summed E-state index contributed by atoms with van der Waals surface area (Å²) in [5.41, 5.74) is 0.672. The highest BCUT2D eigenvalue weighted by molar-refractivity contribution is 9.10. The normalized spacial score (nSPS) is 15.6. The predicted octanol–water partition coefficient (Wildman–Crippen LogP) is 5.09. The Bertz CT molecular complexity index is 640. The topological polar surface area (TPSA) is 29.9 Å². The molecular weight excluding hydrogens is 340 g/mol. The highest BCUT2D eigenvalue weighted by Crippen LogP contribution is 2.34. The van der Waals surface area contributed by atoms with E-state index in [0.29, 0.717) is 16.5 Å². The molecule has 0 spiro atoms. The van der Waals surface area contributed by atoms with Crippen molar-refractivity contribution in [2.45, 2.75) is 38.6 Å². The predicted molar refractivity (Wildman–Crippen MR) is 81.8 cm³/mol. The van der Waals surface area contributed by atoms with Crippen LogP contribution in [-0.4, -0.2) is 9.55 Å². The largest absolute Gasteiger partial charge is 0.321 e. The monoisotopic (exact) mass is 355 g/mol. The molecule has 0 atom stereocenters. The van der Waals surface area contributed by atoms with E-state index in [0.717, 1.165) is 18.5 Å². The third-order valence-electron chi connectivity index (χ3n) is 3.81. The van der Waals surface area contributed by atoms with Crippen molar-refractivity contribution < 1.29 is 8.78 Å². The first-order valence-corrected chi connectivity index (χ1v) is 7.81. The van der Waals surface area contributed by atoms with Gasteiger partial charge in [-0.3, -0.25) is 0 Å². The van der Waals surface area contributed by atoms with Crippen LogP contribution in [-0.2, 0) is 0 Å². The molecule has 112 valence electrons. The first kappa shape index (κ1) is 14.5. The van der Waals surface area contributed by atoms with Gasteiger partial charge in [-0.15, -0.1) is 0 Å². The highest BCUT2D eigenvalue weighted by Gasteiger charge is 2.21. The average molecular weight is 356 g/mol. The zero-order valence-electron chi connectivity index (χ0n) is 11.7. The molecule has 1 aliphatic carbocycles. The third-order valence-corrected chi connectivity index (χ3v) is 4.27. The first-order valence-electron chi connectivity index (χ1n) is 7.01. The summed E-state index contributed by atoms with van der Waals surface area (Å²) in [6.45, 7) is 1.88. The molecule has 1 aromatic heterocycles. The van der Waals surface area contributed by atoms with Crippen molar-refractivity contribution >= 4 is 27.6 Å². The lowest BCUT2D eigenvalue weighted by Gasteiger charge is -2.16. The molecule has 3 rings (SSSR count). The van der Waals surface area contributed by atoms with Crippen LogP contribution in [0.25, 0.3) is 0 Å². The molecule has 1 saturated carbocycles. The molecule has 0 amide bonds. The fraction of sp³-hybridized carbons (Fsp3) is 0.400. The number of anilines is 2. The molecule has 0 aliphatic heterocycles. The molecule has 3 nitrogen and oxygen atoms in total. The number of aryl methyl sites for hydroxylation is 1. The molecule has 6 heteroatoms. The number of imidazole rings is 1. The SMILES string of the molecule is Cc1cn(C2CCCC2)c(Nc2c(F)cc(Br)cc2F)n1. The summed E-state index contributed by atoms with van der Waals surface area (Å²) in [6, 6.07) is 2.83. The summed E-state index contributed by atoms with van der Waals surface area (Å²) in [4.78, 5) is 4.36. The fourth-order valence-corrected chi connectivity index (χ4v) is 3.24. The van der Waals surface area contributed by atoms with E-state index in [1.165, 1.54) is 25.0 Å². The number of hydrogen-bond acceptors (Lipinski definition) is 2. The van der Waals surface area contributed by atoms with Crippen molar-refractivity contribution in [3.05, 3.63) is 40.1 Å². The van der Waals surface area contributed by atoms with Gasteiger partial charge in [0.15, 0.2) is 11.6 Å². The third kappa shape index (κ3) is 2.95. The Labute approximate surface area is 130 Å². The van der Waals surface area contributed by atoms with Crippen LogP contribution in [0.15, 0.2) is 22.8 Å². The second-order valence-electron chi connectivity index (χ2n) is 5.42. The second kappa shape index (κ2) is 5.75. The Morgan fingerprint density at radius 1 is 1.24 bits per heavy atom. The molecule has 0 radical (unpaired) electrons. The van der Waals surface area contributed by atoms with Gasteiger partial charge in [-0.1, -0.05) is 28.8 Å². The van der Waals surface area contributed by atoms with Crippen molar-refractivity contribution in [2.24, 2.45) is 0 Å². The maximum absolute atomic E-state index is 13.9. The molecule has 0 bridgehead atoms. The zero-order chi connectivity index (χ0) is 15.0. The number of nitrogens with zero attached hydrogens (tertiary/aromatic N) is 2. The van der Waals surface area contributed by atoms with Crippen LogP contribution in [0.5, 0.6) is 0 Å².